The van der Waals surface area contributed by atoms with Gasteiger partial charge in [-0.25, -0.2) is 0 Å². The zero-order chi connectivity index (χ0) is 12.3. The Hall–Kier alpha value is -1.51. The molecule has 1 aromatic carbocycles. The Morgan fingerprint density at radius 1 is 1.47 bits per heavy atom. The highest BCUT2D eigenvalue weighted by atomic mass is 15.2. The standard InChI is InChI=1S/C14H21N3/c1-2-12(10-14(15)16)17-9-5-7-11-6-3-4-8-13(11)17/h3-4,6,8,12H,2,5,7,9-10H2,1H3,(H3,15,16). The van der Waals surface area contributed by atoms with E-state index in [0.29, 0.717) is 18.3 Å². The third-order valence-corrected chi connectivity index (χ3v) is 3.51. The number of nitrogens with two attached hydrogens (primary N) is 1. The van der Waals surface area contributed by atoms with Gasteiger partial charge in [0.15, 0.2) is 0 Å². The van der Waals surface area contributed by atoms with Gasteiger partial charge in [0.1, 0.15) is 0 Å². The second kappa shape index (κ2) is 5.21. The maximum absolute atomic E-state index is 7.48. The van der Waals surface area contributed by atoms with E-state index in [0.717, 1.165) is 13.0 Å². The summed E-state index contributed by atoms with van der Waals surface area (Å²) in [5.74, 6) is 0.292. The van der Waals surface area contributed by atoms with Crippen LogP contribution in [-0.2, 0) is 6.42 Å². The number of hydrogen-bond acceptors (Lipinski definition) is 2. The van der Waals surface area contributed by atoms with Gasteiger partial charge in [-0.15, -0.1) is 0 Å². The summed E-state index contributed by atoms with van der Waals surface area (Å²) >= 11 is 0. The van der Waals surface area contributed by atoms with E-state index < -0.39 is 0 Å². The van der Waals surface area contributed by atoms with Gasteiger partial charge in [-0.1, -0.05) is 25.1 Å². The molecule has 0 radical (unpaired) electrons. The van der Waals surface area contributed by atoms with Crippen LogP contribution in [-0.4, -0.2) is 18.4 Å². The Balaban J connectivity index is 2.24. The Morgan fingerprint density at radius 2 is 2.24 bits per heavy atom. The molecule has 0 aromatic heterocycles. The smallest absolute Gasteiger partial charge is 0.0926 e. The highest BCUT2D eigenvalue weighted by molar-refractivity contribution is 5.78. The number of fused-ring (bicyclic) bond motifs is 1. The third kappa shape index (κ3) is 2.60. The Labute approximate surface area is 103 Å². The number of benzene rings is 1. The molecule has 2 rings (SSSR count). The Bertz CT molecular complexity index is 400. The number of anilines is 1. The first-order valence-electron chi connectivity index (χ1n) is 6.39. The lowest BCUT2D eigenvalue weighted by Gasteiger charge is -2.37. The number of nitrogens with zero attached hydrogens (tertiary/aromatic N) is 1. The van der Waals surface area contributed by atoms with Crippen molar-refractivity contribution in [2.75, 3.05) is 11.4 Å². The van der Waals surface area contributed by atoms with E-state index in [4.69, 9.17) is 11.1 Å². The van der Waals surface area contributed by atoms with Gasteiger partial charge in [0.2, 0.25) is 0 Å². The molecule has 0 aliphatic carbocycles. The van der Waals surface area contributed by atoms with Crippen molar-refractivity contribution in [3.05, 3.63) is 29.8 Å². The highest BCUT2D eigenvalue weighted by Crippen LogP contribution is 2.29. The van der Waals surface area contributed by atoms with Crippen molar-refractivity contribution in [1.82, 2.24) is 0 Å². The number of hydrogen-bond donors (Lipinski definition) is 2. The zero-order valence-electron chi connectivity index (χ0n) is 10.4. The molecule has 92 valence electrons. The lowest BCUT2D eigenvalue weighted by molar-refractivity contribution is 0.557. The highest BCUT2D eigenvalue weighted by Gasteiger charge is 2.23. The second-order valence-corrected chi connectivity index (χ2v) is 4.72. The summed E-state index contributed by atoms with van der Waals surface area (Å²) in [5, 5.41) is 7.48. The minimum absolute atomic E-state index is 0.292. The molecule has 3 nitrogen and oxygen atoms in total. The third-order valence-electron chi connectivity index (χ3n) is 3.51. The van der Waals surface area contributed by atoms with Gasteiger partial charge in [0, 0.05) is 24.7 Å². The van der Waals surface area contributed by atoms with Crippen molar-refractivity contribution in [2.45, 2.75) is 38.6 Å². The molecule has 0 bridgehead atoms. The minimum Gasteiger partial charge on any atom is -0.388 e. The predicted octanol–water partition coefficient (Wildman–Crippen LogP) is 2.54. The normalized spacial score (nSPS) is 16.4. The molecule has 17 heavy (non-hydrogen) atoms. The molecule has 1 aliphatic heterocycles. The molecule has 1 heterocycles. The van der Waals surface area contributed by atoms with Crippen LogP contribution in [0.1, 0.15) is 31.7 Å². The van der Waals surface area contributed by atoms with Crippen LogP contribution >= 0.6 is 0 Å². The summed E-state index contributed by atoms with van der Waals surface area (Å²) in [7, 11) is 0. The monoisotopic (exact) mass is 231 g/mol. The molecule has 0 amide bonds. The van der Waals surface area contributed by atoms with Crippen LogP contribution in [0.25, 0.3) is 0 Å². The fourth-order valence-electron chi connectivity index (χ4n) is 2.67. The maximum Gasteiger partial charge on any atom is 0.0926 e. The molecule has 3 N–H and O–H groups in total. The van der Waals surface area contributed by atoms with Crippen molar-refractivity contribution in [3.63, 3.8) is 0 Å². The largest absolute Gasteiger partial charge is 0.388 e. The van der Waals surface area contributed by atoms with Crippen LogP contribution in [0.15, 0.2) is 24.3 Å². The lowest BCUT2D eigenvalue weighted by Crippen LogP contribution is -2.41. The van der Waals surface area contributed by atoms with Gasteiger partial charge in [-0.05, 0) is 30.9 Å². The molecule has 3 heteroatoms. The van der Waals surface area contributed by atoms with Crippen molar-refractivity contribution >= 4 is 11.5 Å². The average Bonchev–Trinajstić information content (AvgIpc) is 2.35. The van der Waals surface area contributed by atoms with Gasteiger partial charge in [-0.3, -0.25) is 5.41 Å². The maximum atomic E-state index is 7.48. The molecular formula is C14H21N3. The van der Waals surface area contributed by atoms with Crippen LogP contribution < -0.4 is 10.6 Å². The topological polar surface area (TPSA) is 53.1 Å². The molecule has 0 saturated carbocycles. The first-order valence-corrected chi connectivity index (χ1v) is 6.39. The van der Waals surface area contributed by atoms with Crippen molar-refractivity contribution in [3.8, 4) is 0 Å². The number of rotatable bonds is 4. The van der Waals surface area contributed by atoms with Crippen molar-refractivity contribution in [1.29, 1.82) is 5.41 Å². The van der Waals surface area contributed by atoms with E-state index in [1.54, 1.807) is 0 Å². The molecule has 1 aromatic rings. The quantitative estimate of drug-likeness (QED) is 0.618. The summed E-state index contributed by atoms with van der Waals surface area (Å²) in [5.41, 5.74) is 8.32. The summed E-state index contributed by atoms with van der Waals surface area (Å²) in [6.45, 7) is 3.26. The summed E-state index contributed by atoms with van der Waals surface area (Å²) in [6.07, 6.45) is 4.08. The molecule has 0 spiro atoms. The van der Waals surface area contributed by atoms with Crippen molar-refractivity contribution < 1.29 is 0 Å². The van der Waals surface area contributed by atoms with E-state index in [9.17, 15) is 0 Å². The van der Waals surface area contributed by atoms with Crippen LogP contribution in [0.5, 0.6) is 0 Å². The first-order chi connectivity index (χ1) is 8.22. The van der Waals surface area contributed by atoms with Crippen LogP contribution in [0.3, 0.4) is 0 Å². The van der Waals surface area contributed by atoms with Gasteiger partial charge in [-0.2, -0.15) is 0 Å². The lowest BCUT2D eigenvalue weighted by atomic mass is 9.98. The summed E-state index contributed by atoms with van der Waals surface area (Å²) in [6, 6.07) is 8.97. The minimum atomic E-state index is 0.292. The first kappa shape index (κ1) is 12.0. The summed E-state index contributed by atoms with van der Waals surface area (Å²) in [4.78, 5) is 2.43. The van der Waals surface area contributed by atoms with Gasteiger partial charge in [0.25, 0.3) is 0 Å². The molecular weight excluding hydrogens is 210 g/mol. The number of para-hydroxylation sites is 1. The SMILES string of the molecule is CCC(CC(=N)N)N1CCCc2ccccc21. The van der Waals surface area contributed by atoms with E-state index >= 15 is 0 Å². The van der Waals surface area contributed by atoms with Crippen LogP contribution in [0.4, 0.5) is 5.69 Å². The van der Waals surface area contributed by atoms with Crippen LogP contribution in [0.2, 0.25) is 0 Å². The number of amidine groups is 1. The Kier molecular flexibility index (Phi) is 3.67. The van der Waals surface area contributed by atoms with E-state index in [1.807, 2.05) is 0 Å². The fourth-order valence-corrected chi connectivity index (χ4v) is 2.67. The Morgan fingerprint density at radius 3 is 2.94 bits per heavy atom. The molecule has 1 unspecified atom stereocenters. The van der Waals surface area contributed by atoms with E-state index in [2.05, 4.69) is 36.1 Å². The summed E-state index contributed by atoms with van der Waals surface area (Å²) < 4.78 is 0. The van der Waals surface area contributed by atoms with Gasteiger partial charge >= 0.3 is 0 Å². The van der Waals surface area contributed by atoms with Gasteiger partial charge < -0.3 is 10.6 Å². The predicted molar refractivity (Wildman–Crippen MR) is 72.7 cm³/mol. The van der Waals surface area contributed by atoms with Crippen molar-refractivity contribution in [2.24, 2.45) is 5.73 Å². The van der Waals surface area contributed by atoms with E-state index in [-0.39, 0.29) is 0 Å². The second-order valence-electron chi connectivity index (χ2n) is 4.72. The molecule has 1 aliphatic rings. The number of nitrogens with one attached hydrogen (secondary N) is 1. The van der Waals surface area contributed by atoms with Gasteiger partial charge in [0.05, 0.1) is 5.84 Å². The average molecular weight is 231 g/mol. The van der Waals surface area contributed by atoms with E-state index in [1.165, 1.54) is 24.1 Å². The van der Waals surface area contributed by atoms with Crippen LogP contribution in [0, 0.1) is 5.41 Å². The molecule has 0 fully saturated rings. The fraction of sp³-hybridized carbons (Fsp3) is 0.500. The zero-order valence-corrected chi connectivity index (χ0v) is 10.4. The molecule has 1 atom stereocenters. The number of aryl methyl sites for hydroxylation is 1. The molecule has 0 saturated heterocycles.